The number of carbonyl (C=O) groups is 3. The van der Waals surface area contributed by atoms with Crippen LogP contribution in [-0.4, -0.2) is 57.3 Å². The predicted octanol–water partition coefficient (Wildman–Crippen LogP) is -1.88. The largest absolute Gasteiger partial charge is 0.481 e. The molecule has 0 fully saturated rings. The lowest BCUT2D eigenvalue weighted by atomic mass is 10.0. The van der Waals surface area contributed by atoms with Crippen molar-refractivity contribution in [1.29, 1.82) is 0 Å². The summed E-state index contributed by atoms with van der Waals surface area (Å²) in [4.78, 5) is 76.3. The summed E-state index contributed by atoms with van der Waals surface area (Å²) in [6.07, 6.45) is -3.38. The molecule has 0 aromatic heterocycles. The molecule has 13 heteroatoms. The number of carboxylic acid groups (broad SMARTS) is 2. The van der Waals surface area contributed by atoms with Crippen molar-refractivity contribution in [3.8, 4) is 0 Å². The van der Waals surface area contributed by atoms with Crippen LogP contribution in [0.1, 0.15) is 12.8 Å². The van der Waals surface area contributed by atoms with Crippen molar-refractivity contribution in [3.05, 3.63) is 0 Å². The van der Waals surface area contributed by atoms with Gasteiger partial charge in [-0.2, -0.15) is 14.7 Å². The monoisotopic (exact) mass is 321 g/mol. The summed E-state index contributed by atoms with van der Waals surface area (Å²) in [5.41, 5.74) is -1.96. The molecule has 0 saturated carbocycles. The van der Waals surface area contributed by atoms with Crippen LogP contribution in [0.3, 0.4) is 0 Å². The van der Waals surface area contributed by atoms with Gasteiger partial charge in [0.25, 0.3) is 0 Å². The van der Waals surface area contributed by atoms with Gasteiger partial charge in [0.15, 0.2) is 5.16 Å². The first-order chi connectivity index (χ1) is 8.24. The second-order valence-electron chi connectivity index (χ2n) is 3.59. The number of carbonyl (C=O) groups excluding carboxylic acids is 1. The first-order valence-electron chi connectivity index (χ1n) is 4.35. The third-order valence-corrected chi connectivity index (χ3v) is 4.63. The van der Waals surface area contributed by atoms with Gasteiger partial charge >= 0.3 is 33.0 Å². The van der Waals surface area contributed by atoms with Crippen LogP contribution in [0.25, 0.3) is 0 Å². The quantitative estimate of drug-likeness (QED) is 0.258. The van der Waals surface area contributed by atoms with Gasteiger partial charge in [-0.25, -0.2) is 4.79 Å². The van der Waals surface area contributed by atoms with Gasteiger partial charge in [-0.05, 0) is 0 Å². The third-order valence-electron chi connectivity index (χ3n) is 2.18. The molecular formula is C6H11O11P2+. The van der Waals surface area contributed by atoms with Crippen molar-refractivity contribution in [2.75, 3.05) is 0 Å². The van der Waals surface area contributed by atoms with Crippen molar-refractivity contribution >= 4 is 33.0 Å². The molecule has 1 atom stereocenters. The van der Waals surface area contributed by atoms with Crippen LogP contribution in [0.4, 0.5) is 0 Å². The maximum absolute atomic E-state index is 11.2. The highest BCUT2D eigenvalue weighted by Gasteiger charge is 2.61. The van der Waals surface area contributed by atoms with Gasteiger partial charge < -0.3 is 20.0 Å². The van der Waals surface area contributed by atoms with Gasteiger partial charge in [0.1, 0.15) is 0 Å². The van der Waals surface area contributed by atoms with Crippen molar-refractivity contribution in [3.63, 3.8) is 0 Å². The average Bonchev–Trinajstić information content (AvgIpc) is 2.11. The number of hydrogen-bond acceptors (Lipinski definition) is 7. The van der Waals surface area contributed by atoms with E-state index in [2.05, 4.69) is 0 Å². The van der Waals surface area contributed by atoms with E-state index in [-0.39, 0.29) is 0 Å². The Hall–Kier alpha value is -0.930. The van der Waals surface area contributed by atoms with Crippen LogP contribution in [-0.2, 0) is 18.9 Å². The Labute approximate surface area is 105 Å². The molecule has 0 heterocycles. The highest BCUT2D eigenvalue weighted by molar-refractivity contribution is 7.76. The Bertz CT molecular complexity index is 445. The molecule has 0 aliphatic rings. The minimum atomic E-state index is -5.66. The van der Waals surface area contributed by atoms with Gasteiger partial charge in [0.05, 0.1) is 12.8 Å². The van der Waals surface area contributed by atoms with Crippen LogP contribution in [0, 0.1) is 0 Å². The topological polar surface area (TPSA) is 210 Å². The lowest BCUT2D eigenvalue weighted by molar-refractivity contribution is -0.148. The van der Waals surface area contributed by atoms with E-state index in [0.29, 0.717) is 0 Å². The first kappa shape index (κ1) is 18.1. The summed E-state index contributed by atoms with van der Waals surface area (Å²) in [7, 11) is -10.9. The second kappa shape index (κ2) is 5.59. The smallest absolute Gasteiger partial charge is 0.478 e. The summed E-state index contributed by atoms with van der Waals surface area (Å²) in [5, 5.41) is 13.9. The summed E-state index contributed by atoms with van der Waals surface area (Å²) < 4.78 is 11.2. The number of rotatable bonds is 7. The number of aliphatic carboxylic acids is 2. The Morgan fingerprint density at radius 2 is 1.42 bits per heavy atom. The van der Waals surface area contributed by atoms with E-state index in [0.717, 1.165) is 0 Å². The highest BCUT2D eigenvalue weighted by atomic mass is 31.2. The summed E-state index contributed by atoms with van der Waals surface area (Å²) in [6.45, 7) is 0. The van der Waals surface area contributed by atoms with E-state index >= 15 is 0 Å². The van der Waals surface area contributed by atoms with Crippen LogP contribution < -0.4 is 0 Å². The SMILES string of the molecule is O=C(O)CC(CC(=O)[P+](O)(O)O)(C(=O)O)P(=O)(O)O. The standard InChI is InChI=1S/C6H10O11P2/c7-3(8)1-6(5(10)11,19(15,16)17)2-4(9)18(12,13)14/h12-14H,1-2H2,(H3-,7,8,10,11,15,16,17)/p+1. The molecule has 1 unspecified atom stereocenters. The van der Waals surface area contributed by atoms with E-state index < -0.39 is 51.0 Å². The molecular weight excluding hydrogens is 310 g/mol. The Balaban J connectivity index is 5.76. The van der Waals surface area contributed by atoms with Gasteiger partial charge in [0, 0.05) is 0 Å². The molecule has 11 nitrogen and oxygen atoms in total. The van der Waals surface area contributed by atoms with Crippen molar-refractivity contribution in [1.82, 2.24) is 0 Å². The molecule has 0 aromatic rings. The van der Waals surface area contributed by atoms with Gasteiger partial charge in [-0.1, -0.05) is 0 Å². The molecule has 0 amide bonds. The maximum atomic E-state index is 11.2. The molecule has 0 bridgehead atoms. The molecule has 7 N–H and O–H groups in total. The van der Waals surface area contributed by atoms with E-state index in [1.165, 1.54) is 0 Å². The summed E-state index contributed by atoms with van der Waals surface area (Å²) >= 11 is 0. The molecule has 0 aromatic carbocycles. The fourth-order valence-corrected chi connectivity index (χ4v) is 2.70. The molecule has 0 radical (unpaired) electrons. The zero-order valence-corrected chi connectivity index (χ0v) is 10.9. The minimum Gasteiger partial charge on any atom is -0.481 e. The molecule has 0 saturated heterocycles. The predicted molar refractivity (Wildman–Crippen MR) is 57.9 cm³/mol. The normalized spacial score (nSPS) is 15.6. The summed E-state index contributed by atoms with van der Waals surface area (Å²) in [6, 6.07) is 0. The molecule has 0 aliphatic heterocycles. The molecule has 0 rings (SSSR count). The highest BCUT2D eigenvalue weighted by Crippen LogP contribution is 2.58. The van der Waals surface area contributed by atoms with Gasteiger partial charge in [0.2, 0.25) is 0 Å². The Kier molecular flexibility index (Phi) is 5.32. The van der Waals surface area contributed by atoms with Crippen LogP contribution in [0.5, 0.6) is 0 Å². The zero-order chi connectivity index (χ0) is 15.6. The number of hydrogen-bond donors (Lipinski definition) is 7. The minimum absolute atomic E-state index is 1.64. The lowest BCUT2D eigenvalue weighted by Gasteiger charge is -2.26. The first-order valence-corrected chi connectivity index (χ1v) is 7.61. The second-order valence-corrected chi connectivity index (χ2v) is 7.17. The third kappa shape index (κ3) is 4.29. The fourth-order valence-electron chi connectivity index (χ4n) is 1.15. The molecule has 110 valence electrons. The van der Waals surface area contributed by atoms with Crippen molar-refractivity contribution in [2.45, 2.75) is 18.0 Å². The van der Waals surface area contributed by atoms with E-state index in [4.69, 9.17) is 34.7 Å². The molecule has 0 aliphatic carbocycles. The van der Waals surface area contributed by atoms with E-state index in [9.17, 15) is 18.9 Å². The number of carboxylic acids is 2. The van der Waals surface area contributed by atoms with Crippen LogP contribution in [0.2, 0.25) is 0 Å². The lowest BCUT2D eigenvalue weighted by Crippen LogP contribution is -2.43. The fraction of sp³-hybridized carbons (Fsp3) is 0.500. The Morgan fingerprint density at radius 3 is 1.63 bits per heavy atom. The average molecular weight is 321 g/mol. The Morgan fingerprint density at radius 1 is 1.00 bits per heavy atom. The summed E-state index contributed by atoms with van der Waals surface area (Å²) in [5.74, 6) is -4.25. The van der Waals surface area contributed by atoms with Crippen molar-refractivity contribution < 1.29 is 53.6 Å². The molecule has 19 heavy (non-hydrogen) atoms. The van der Waals surface area contributed by atoms with E-state index in [1.807, 2.05) is 0 Å². The van der Waals surface area contributed by atoms with Crippen LogP contribution in [0.15, 0.2) is 0 Å². The van der Waals surface area contributed by atoms with E-state index in [1.54, 1.807) is 0 Å². The van der Waals surface area contributed by atoms with Gasteiger partial charge in [-0.3, -0.25) is 14.2 Å². The van der Waals surface area contributed by atoms with Gasteiger partial charge in [-0.15, -0.1) is 0 Å². The molecule has 0 spiro atoms. The van der Waals surface area contributed by atoms with Crippen molar-refractivity contribution in [2.24, 2.45) is 0 Å². The van der Waals surface area contributed by atoms with Crippen LogP contribution >= 0.6 is 15.5 Å². The zero-order valence-electron chi connectivity index (χ0n) is 9.07. The maximum Gasteiger partial charge on any atom is 0.478 e.